The number of fused-ring (bicyclic) bond motifs is 1. The molecule has 6 nitrogen and oxygen atoms in total. The highest BCUT2D eigenvalue weighted by molar-refractivity contribution is 7.91. The van der Waals surface area contributed by atoms with Crippen LogP contribution < -0.4 is 4.90 Å². The normalized spacial score (nSPS) is 11.5. The number of rotatable bonds is 10. The first-order valence-electron chi connectivity index (χ1n) is 10.5. The number of aryl methyl sites for hydroxylation is 1. The van der Waals surface area contributed by atoms with Crippen LogP contribution in [0.15, 0.2) is 47.4 Å². The Labute approximate surface area is 210 Å². The molecule has 0 bridgehead atoms. The molecule has 0 fully saturated rings. The summed E-state index contributed by atoms with van der Waals surface area (Å²) in [7, 11) is 0.569. The van der Waals surface area contributed by atoms with Gasteiger partial charge in [-0.3, -0.25) is 9.69 Å². The van der Waals surface area contributed by atoms with Crippen molar-refractivity contribution in [3.63, 3.8) is 0 Å². The summed E-state index contributed by atoms with van der Waals surface area (Å²) in [6.07, 6.45) is 1.19. The number of carbonyl (C=O) groups excluding carboxylic acids is 1. The highest BCUT2D eigenvalue weighted by atomic mass is 35.5. The first kappa shape index (κ1) is 27.5. The number of thiazole rings is 1. The monoisotopic (exact) mass is 529 g/mol. The third kappa shape index (κ3) is 7.39. The molecule has 0 aliphatic heterocycles. The second kappa shape index (κ2) is 12.1. The van der Waals surface area contributed by atoms with E-state index >= 15 is 0 Å². The Morgan fingerprint density at radius 1 is 1.09 bits per heavy atom. The van der Waals surface area contributed by atoms with Crippen molar-refractivity contribution in [3.05, 3.63) is 53.1 Å². The molecule has 2 aromatic carbocycles. The number of hydrogen-bond acceptors (Lipinski definition) is 6. The minimum Gasteiger partial charge on any atom is -0.309 e. The van der Waals surface area contributed by atoms with Crippen LogP contribution in [0.2, 0.25) is 5.02 Å². The van der Waals surface area contributed by atoms with E-state index in [1.165, 1.54) is 11.3 Å². The van der Waals surface area contributed by atoms with Gasteiger partial charge in [0.1, 0.15) is 0 Å². The van der Waals surface area contributed by atoms with Gasteiger partial charge in [0.25, 0.3) is 0 Å². The van der Waals surface area contributed by atoms with Crippen LogP contribution >= 0.6 is 35.3 Å². The molecule has 0 aliphatic carbocycles. The van der Waals surface area contributed by atoms with Gasteiger partial charge in [-0.05, 0) is 70.2 Å². The second-order valence-electron chi connectivity index (χ2n) is 8.00. The number of nitrogens with zero attached hydrogens (tertiary/aromatic N) is 3. The average molecular weight is 531 g/mol. The van der Waals surface area contributed by atoms with Crippen LogP contribution in [0.4, 0.5) is 5.13 Å². The molecule has 0 N–H and O–H groups in total. The molecular formula is C23H29Cl2N3O3S2. The lowest BCUT2D eigenvalue weighted by atomic mass is 10.2. The Morgan fingerprint density at radius 2 is 1.79 bits per heavy atom. The van der Waals surface area contributed by atoms with Crippen molar-refractivity contribution in [2.45, 2.75) is 31.1 Å². The highest BCUT2D eigenvalue weighted by Gasteiger charge is 2.22. The molecule has 33 heavy (non-hydrogen) atoms. The van der Waals surface area contributed by atoms with Crippen molar-refractivity contribution >= 4 is 66.4 Å². The van der Waals surface area contributed by atoms with Crippen LogP contribution in [-0.4, -0.2) is 57.1 Å². The first-order chi connectivity index (χ1) is 15.2. The molecule has 0 atom stereocenters. The topological polar surface area (TPSA) is 70.6 Å². The van der Waals surface area contributed by atoms with E-state index in [0.717, 1.165) is 28.7 Å². The summed E-state index contributed by atoms with van der Waals surface area (Å²) in [6, 6.07) is 12.1. The number of amides is 1. The zero-order valence-electron chi connectivity index (χ0n) is 19.0. The number of anilines is 1. The van der Waals surface area contributed by atoms with Crippen LogP contribution in [0.1, 0.15) is 24.8 Å². The predicted octanol–water partition coefficient (Wildman–Crippen LogP) is 5.22. The lowest BCUT2D eigenvalue weighted by Crippen LogP contribution is -2.33. The molecule has 0 radical (unpaired) electrons. The molecule has 3 rings (SSSR count). The third-order valence-corrected chi connectivity index (χ3v) is 8.12. The number of hydrogen-bond donors (Lipinski definition) is 0. The van der Waals surface area contributed by atoms with Gasteiger partial charge in [0, 0.05) is 18.0 Å². The van der Waals surface area contributed by atoms with Crippen LogP contribution in [0.25, 0.3) is 10.2 Å². The summed E-state index contributed by atoms with van der Waals surface area (Å²) in [5.74, 6) is -0.183. The fraction of sp³-hybridized carbons (Fsp3) is 0.391. The molecule has 1 amide bonds. The fourth-order valence-corrected chi connectivity index (χ4v) is 6.22. The quantitative estimate of drug-likeness (QED) is 0.360. The molecule has 10 heteroatoms. The maximum absolute atomic E-state index is 13.1. The maximum Gasteiger partial charge on any atom is 0.228 e. The fourth-order valence-electron chi connectivity index (χ4n) is 3.42. The highest BCUT2D eigenvalue weighted by Crippen LogP contribution is 2.33. The predicted molar refractivity (Wildman–Crippen MR) is 140 cm³/mol. The summed E-state index contributed by atoms with van der Waals surface area (Å²) >= 11 is 7.63. The van der Waals surface area contributed by atoms with E-state index < -0.39 is 9.84 Å². The van der Waals surface area contributed by atoms with E-state index in [9.17, 15) is 13.2 Å². The SMILES string of the molecule is Cc1cc(Cl)cc2sc(N(CCCN(C)C)C(=O)CCCS(=O)(=O)c3ccccc3)nc12.Cl. The van der Waals surface area contributed by atoms with E-state index in [2.05, 4.69) is 4.90 Å². The smallest absolute Gasteiger partial charge is 0.228 e. The van der Waals surface area contributed by atoms with Gasteiger partial charge >= 0.3 is 0 Å². The summed E-state index contributed by atoms with van der Waals surface area (Å²) in [5.41, 5.74) is 1.80. The van der Waals surface area contributed by atoms with E-state index in [4.69, 9.17) is 16.6 Å². The Balaban J connectivity index is 0.00000385. The first-order valence-corrected chi connectivity index (χ1v) is 13.3. The Bertz CT molecular complexity index is 1180. The van der Waals surface area contributed by atoms with E-state index in [0.29, 0.717) is 16.7 Å². The molecule has 3 aromatic rings. The van der Waals surface area contributed by atoms with Gasteiger partial charge in [-0.2, -0.15) is 0 Å². The van der Waals surface area contributed by atoms with E-state index in [1.54, 1.807) is 35.2 Å². The minimum absolute atomic E-state index is 0. The van der Waals surface area contributed by atoms with Gasteiger partial charge in [-0.25, -0.2) is 13.4 Å². The van der Waals surface area contributed by atoms with Crippen LogP contribution in [0.3, 0.4) is 0 Å². The largest absolute Gasteiger partial charge is 0.309 e. The van der Waals surface area contributed by atoms with Gasteiger partial charge in [0.15, 0.2) is 15.0 Å². The Hall–Kier alpha value is -1.71. The lowest BCUT2D eigenvalue weighted by molar-refractivity contribution is -0.118. The van der Waals surface area contributed by atoms with Crippen LogP contribution in [-0.2, 0) is 14.6 Å². The molecule has 1 heterocycles. The molecule has 0 spiro atoms. The van der Waals surface area contributed by atoms with E-state index in [1.807, 2.05) is 33.2 Å². The summed E-state index contributed by atoms with van der Waals surface area (Å²) < 4.78 is 26.0. The third-order valence-electron chi connectivity index (χ3n) is 5.06. The number of halogens is 2. The molecule has 0 unspecified atom stereocenters. The van der Waals surface area contributed by atoms with Crippen molar-refractivity contribution in [3.8, 4) is 0 Å². The summed E-state index contributed by atoms with van der Waals surface area (Å²) in [4.78, 5) is 21.9. The Kier molecular flexibility index (Phi) is 10.1. The van der Waals surface area contributed by atoms with E-state index in [-0.39, 0.29) is 41.8 Å². The van der Waals surface area contributed by atoms with Crippen molar-refractivity contribution in [1.29, 1.82) is 0 Å². The zero-order valence-corrected chi connectivity index (χ0v) is 22.2. The summed E-state index contributed by atoms with van der Waals surface area (Å²) in [5, 5.41) is 1.27. The number of aromatic nitrogens is 1. The van der Waals surface area contributed by atoms with Crippen molar-refractivity contribution < 1.29 is 13.2 Å². The van der Waals surface area contributed by atoms with Gasteiger partial charge in [0.2, 0.25) is 5.91 Å². The molecule has 180 valence electrons. The van der Waals surface area contributed by atoms with Crippen molar-refractivity contribution in [2.75, 3.05) is 37.8 Å². The van der Waals surface area contributed by atoms with Gasteiger partial charge in [-0.15, -0.1) is 12.4 Å². The number of benzene rings is 2. The number of sulfone groups is 1. The standard InChI is InChI=1S/C23H28ClN3O3S2.ClH/c1-17-15-18(24)16-20-22(17)25-23(31-20)27(13-8-12-26(2)3)21(28)11-7-14-32(29,30)19-9-5-4-6-10-19;/h4-6,9-10,15-16H,7-8,11-14H2,1-3H3;1H. The molecule has 0 saturated heterocycles. The van der Waals surface area contributed by atoms with Crippen molar-refractivity contribution in [2.24, 2.45) is 0 Å². The second-order valence-corrected chi connectivity index (χ2v) is 11.6. The molecular weight excluding hydrogens is 501 g/mol. The maximum atomic E-state index is 13.1. The average Bonchev–Trinajstić information content (AvgIpc) is 3.15. The van der Waals surface area contributed by atoms with Gasteiger partial charge in [0.05, 0.1) is 20.9 Å². The minimum atomic E-state index is -3.41. The Morgan fingerprint density at radius 3 is 2.45 bits per heavy atom. The van der Waals surface area contributed by atoms with Gasteiger partial charge < -0.3 is 4.90 Å². The van der Waals surface area contributed by atoms with Crippen molar-refractivity contribution in [1.82, 2.24) is 9.88 Å². The summed E-state index contributed by atoms with van der Waals surface area (Å²) in [6.45, 7) is 3.31. The molecule has 0 saturated carbocycles. The molecule has 1 aromatic heterocycles. The lowest BCUT2D eigenvalue weighted by Gasteiger charge is -2.21. The zero-order chi connectivity index (χ0) is 23.3. The van der Waals surface area contributed by atoms with Gasteiger partial charge in [-0.1, -0.05) is 41.1 Å². The number of carbonyl (C=O) groups is 1. The van der Waals surface area contributed by atoms with Crippen LogP contribution in [0, 0.1) is 6.92 Å². The molecule has 0 aliphatic rings. The van der Waals surface area contributed by atoms with Crippen LogP contribution in [0.5, 0.6) is 0 Å².